The van der Waals surface area contributed by atoms with Gasteiger partial charge in [0.05, 0.1) is 15.5 Å². The third-order valence-electron chi connectivity index (χ3n) is 4.88. The van der Waals surface area contributed by atoms with Crippen LogP contribution < -0.4 is 5.32 Å². The molecule has 0 spiro atoms. The molecule has 0 amide bonds. The van der Waals surface area contributed by atoms with Crippen LogP contribution in [0.3, 0.4) is 0 Å². The van der Waals surface area contributed by atoms with Gasteiger partial charge in [-0.05, 0) is 31.0 Å². The molecule has 0 unspecified atom stereocenters. The molecule has 134 valence electrons. The number of imidazole rings is 1. The summed E-state index contributed by atoms with van der Waals surface area (Å²) in [5.74, 6) is 0.767. The first-order chi connectivity index (χ1) is 12.6. The van der Waals surface area contributed by atoms with Gasteiger partial charge >= 0.3 is 0 Å². The lowest BCUT2D eigenvalue weighted by atomic mass is 9.95. The summed E-state index contributed by atoms with van der Waals surface area (Å²) in [5.41, 5.74) is 1.86. The molecule has 2 aromatic heterocycles. The topological polar surface area (TPSA) is 72.5 Å². The average molecular weight is 371 g/mol. The summed E-state index contributed by atoms with van der Waals surface area (Å²) < 4.78 is 1.89. The van der Waals surface area contributed by atoms with E-state index in [-0.39, 0.29) is 10.6 Å². The van der Waals surface area contributed by atoms with Crippen molar-refractivity contribution in [1.82, 2.24) is 9.38 Å². The largest absolute Gasteiger partial charge is 0.367 e. The summed E-state index contributed by atoms with van der Waals surface area (Å²) in [4.78, 5) is 15.8. The number of nitro benzene ring substituents is 1. The molecule has 0 saturated heterocycles. The van der Waals surface area contributed by atoms with Gasteiger partial charge in [-0.25, -0.2) is 4.98 Å². The summed E-state index contributed by atoms with van der Waals surface area (Å²) in [6.07, 6.45) is 7.61. The molecule has 3 aromatic rings. The fraction of sp³-hybridized carbons (Fsp3) is 0.316. The highest BCUT2D eigenvalue weighted by Crippen LogP contribution is 2.36. The molecule has 6 nitrogen and oxygen atoms in total. The smallest absolute Gasteiger partial charge is 0.278 e. The number of pyridine rings is 1. The number of hydrogen-bond acceptors (Lipinski definition) is 4. The molecular formula is C19H19ClN4O2. The molecular weight excluding hydrogens is 352 g/mol. The van der Waals surface area contributed by atoms with Crippen molar-refractivity contribution >= 4 is 28.8 Å². The lowest BCUT2D eigenvalue weighted by Crippen LogP contribution is -2.23. The number of anilines is 1. The quantitative estimate of drug-likeness (QED) is 0.499. The van der Waals surface area contributed by atoms with E-state index in [0.717, 1.165) is 18.7 Å². The molecule has 0 aliphatic heterocycles. The first kappa shape index (κ1) is 16.8. The zero-order valence-corrected chi connectivity index (χ0v) is 14.9. The monoisotopic (exact) mass is 370 g/mol. The second-order valence-corrected chi connectivity index (χ2v) is 7.07. The third kappa shape index (κ3) is 3.12. The van der Waals surface area contributed by atoms with E-state index in [1.165, 1.54) is 25.3 Å². The Morgan fingerprint density at radius 3 is 2.69 bits per heavy atom. The zero-order valence-electron chi connectivity index (χ0n) is 14.2. The van der Waals surface area contributed by atoms with E-state index in [9.17, 15) is 10.1 Å². The van der Waals surface area contributed by atoms with Crippen molar-refractivity contribution in [2.24, 2.45) is 0 Å². The molecule has 1 fully saturated rings. The molecule has 0 bridgehead atoms. The number of aromatic nitrogens is 2. The standard InChI is InChI=1S/C19H19ClN4O2/c20-13-10-11-17-22-18(15-8-4-5-9-16(15)24(25)26)19(23(17)12-13)21-14-6-2-1-3-7-14/h4-5,8-12,14,21H,1-3,6-7H2. The highest BCUT2D eigenvalue weighted by atomic mass is 35.5. The van der Waals surface area contributed by atoms with E-state index in [0.29, 0.717) is 28.0 Å². The Kier molecular flexibility index (Phi) is 4.51. The normalized spacial score (nSPS) is 15.3. The first-order valence-corrected chi connectivity index (χ1v) is 9.19. The minimum absolute atomic E-state index is 0.0497. The van der Waals surface area contributed by atoms with Crippen molar-refractivity contribution in [1.29, 1.82) is 0 Å². The van der Waals surface area contributed by atoms with E-state index >= 15 is 0 Å². The number of hydrogen-bond donors (Lipinski definition) is 1. The van der Waals surface area contributed by atoms with Crippen LogP contribution in [0.2, 0.25) is 5.02 Å². The highest BCUT2D eigenvalue weighted by molar-refractivity contribution is 6.30. The Labute approximate surface area is 156 Å². The fourth-order valence-corrected chi connectivity index (χ4v) is 3.78. The van der Waals surface area contributed by atoms with Crippen LogP contribution in [-0.4, -0.2) is 20.3 Å². The molecule has 1 aliphatic rings. The summed E-state index contributed by atoms with van der Waals surface area (Å²) in [5, 5.41) is 15.7. The van der Waals surface area contributed by atoms with E-state index in [4.69, 9.17) is 11.6 Å². The third-order valence-corrected chi connectivity index (χ3v) is 5.11. The molecule has 1 aromatic carbocycles. The van der Waals surface area contributed by atoms with Crippen LogP contribution in [-0.2, 0) is 0 Å². The van der Waals surface area contributed by atoms with Gasteiger partial charge in [0.2, 0.25) is 0 Å². The molecule has 4 rings (SSSR count). The minimum Gasteiger partial charge on any atom is -0.367 e. The number of nitro groups is 1. The lowest BCUT2D eigenvalue weighted by molar-refractivity contribution is -0.384. The molecule has 1 aliphatic carbocycles. The maximum Gasteiger partial charge on any atom is 0.278 e. The van der Waals surface area contributed by atoms with Crippen LogP contribution in [0.1, 0.15) is 32.1 Å². The highest BCUT2D eigenvalue weighted by Gasteiger charge is 2.24. The van der Waals surface area contributed by atoms with Crippen LogP contribution in [0.25, 0.3) is 16.9 Å². The van der Waals surface area contributed by atoms with E-state index < -0.39 is 0 Å². The lowest BCUT2D eigenvalue weighted by Gasteiger charge is -2.24. The van der Waals surface area contributed by atoms with Gasteiger partial charge in [0.1, 0.15) is 17.2 Å². The zero-order chi connectivity index (χ0) is 18.1. The Hall–Kier alpha value is -2.60. The van der Waals surface area contributed by atoms with Crippen molar-refractivity contribution in [3.05, 3.63) is 57.7 Å². The summed E-state index contributed by atoms with van der Waals surface area (Å²) in [6.45, 7) is 0. The molecule has 7 heteroatoms. The van der Waals surface area contributed by atoms with Gasteiger partial charge < -0.3 is 5.32 Å². The predicted octanol–water partition coefficient (Wildman–Crippen LogP) is 5.31. The van der Waals surface area contributed by atoms with E-state index in [2.05, 4.69) is 10.3 Å². The number of halogens is 1. The Morgan fingerprint density at radius 1 is 1.15 bits per heavy atom. The first-order valence-electron chi connectivity index (χ1n) is 8.81. The Morgan fingerprint density at radius 2 is 1.92 bits per heavy atom. The number of nitrogens with one attached hydrogen (secondary N) is 1. The van der Waals surface area contributed by atoms with Crippen LogP contribution in [0.15, 0.2) is 42.6 Å². The Balaban J connectivity index is 1.88. The SMILES string of the molecule is O=[N+]([O-])c1ccccc1-c1nc2ccc(Cl)cn2c1NC1CCCCC1. The van der Waals surface area contributed by atoms with Gasteiger partial charge in [-0.3, -0.25) is 14.5 Å². The molecule has 1 N–H and O–H groups in total. The molecule has 1 saturated carbocycles. The number of rotatable bonds is 4. The maximum absolute atomic E-state index is 11.5. The molecule has 0 radical (unpaired) electrons. The molecule has 2 heterocycles. The van der Waals surface area contributed by atoms with Crippen LogP contribution in [0.5, 0.6) is 0 Å². The number of nitrogens with zero attached hydrogens (tertiary/aromatic N) is 3. The van der Waals surface area contributed by atoms with E-state index in [1.54, 1.807) is 30.5 Å². The van der Waals surface area contributed by atoms with E-state index in [1.807, 2.05) is 10.5 Å². The number of para-hydroxylation sites is 1. The molecule has 0 atom stereocenters. The minimum atomic E-state index is -0.364. The number of fused-ring (bicyclic) bond motifs is 1. The van der Waals surface area contributed by atoms with Crippen molar-refractivity contribution in [3.63, 3.8) is 0 Å². The fourth-order valence-electron chi connectivity index (χ4n) is 3.62. The predicted molar refractivity (Wildman–Crippen MR) is 103 cm³/mol. The summed E-state index contributed by atoms with van der Waals surface area (Å²) in [6, 6.07) is 10.7. The average Bonchev–Trinajstić information content (AvgIpc) is 3.00. The van der Waals surface area contributed by atoms with Crippen LogP contribution in [0, 0.1) is 10.1 Å². The van der Waals surface area contributed by atoms with Crippen molar-refractivity contribution in [2.75, 3.05) is 5.32 Å². The summed E-state index contributed by atoms with van der Waals surface area (Å²) >= 11 is 6.19. The van der Waals surface area contributed by atoms with Gasteiger partial charge in [-0.2, -0.15) is 0 Å². The van der Waals surface area contributed by atoms with Gasteiger partial charge in [-0.1, -0.05) is 43.0 Å². The summed E-state index contributed by atoms with van der Waals surface area (Å²) in [7, 11) is 0. The van der Waals surface area contributed by atoms with Crippen molar-refractivity contribution < 1.29 is 4.92 Å². The Bertz CT molecular complexity index is 963. The second-order valence-electron chi connectivity index (χ2n) is 6.64. The van der Waals surface area contributed by atoms with Gasteiger partial charge in [0.15, 0.2) is 0 Å². The number of benzene rings is 1. The molecule has 26 heavy (non-hydrogen) atoms. The maximum atomic E-state index is 11.5. The van der Waals surface area contributed by atoms with Crippen LogP contribution >= 0.6 is 11.6 Å². The van der Waals surface area contributed by atoms with Crippen molar-refractivity contribution in [3.8, 4) is 11.3 Å². The van der Waals surface area contributed by atoms with Gasteiger partial charge in [-0.15, -0.1) is 0 Å². The van der Waals surface area contributed by atoms with Crippen LogP contribution in [0.4, 0.5) is 11.5 Å². The van der Waals surface area contributed by atoms with Gasteiger partial charge in [0.25, 0.3) is 5.69 Å². The van der Waals surface area contributed by atoms with Crippen molar-refractivity contribution in [2.45, 2.75) is 38.1 Å². The second kappa shape index (κ2) is 6.96. The van der Waals surface area contributed by atoms with Gasteiger partial charge in [0, 0.05) is 18.3 Å².